The fourth-order valence-electron chi connectivity index (χ4n) is 2.75. The van der Waals surface area contributed by atoms with Crippen LogP contribution in [-0.2, 0) is 6.18 Å². The molecule has 0 bridgehead atoms. The summed E-state index contributed by atoms with van der Waals surface area (Å²) in [6, 6.07) is 8.92. The number of halogens is 4. The highest BCUT2D eigenvalue weighted by Gasteiger charge is 2.30. The fourth-order valence-corrected chi connectivity index (χ4v) is 2.75. The maximum atomic E-state index is 13.1. The molecule has 0 aliphatic rings. The second kappa shape index (κ2) is 7.10. The Bertz CT molecular complexity index is 1290. The van der Waals surface area contributed by atoms with E-state index in [0.29, 0.717) is 5.69 Å². The molecule has 2 aromatic carbocycles. The van der Waals surface area contributed by atoms with E-state index in [-0.39, 0.29) is 16.6 Å². The molecule has 0 aliphatic heterocycles. The third-order valence-electron chi connectivity index (χ3n) is 4.26. The first-order chi connectivity index (χ1) is 14.2. The summed E-state index contributed by atoms with van der Waals surface area (Å²) in [5, 5.41) is 4.14. The molecule has 7 nitrogen and oxygen atoms in total. The zero-order valence-electron chi connectivity index (χ0n) is 14.9. The van der Waals surface area contributed by atoms with Crippen molar-refractivity contribution in [2.24, 2.45) is 0 Å². The Morgan fingerprint density at radius 2 is 1.67 bits per heavy atom. The van der Waals surface area contributed by atoms with Crippen molar-refractivity contribution < 1.29 is 22.4 Å². The normalized spacial score (nSPS) is 11.6. The van der Waals surface area contributed by atoms with Gasteiger partial charge in [-0.05, 0) is 48.5 Å². The van der Waals surface area contributed by atoms with Gasteiger partial charge in [0.25, 0.3) is 11.5 Å². The molecule has 0 aliphatic carbocycles. The van der Waals surface area contributed by atoms with Crippen LogP contribution in [0.5, 0.6) is 0 Å². The van der Waals surface area contributed by atoms with E-state index in [4.69, 9.17) is 0 Å². The van der Waals surface area contributed by atoms with E-state index < -0.39 is 29.0 Å². The Labute approximate surface area is 165 Å². The monoisotopic (exact) mass is 417 g/mol. The molecule has 0 radical (unpaired) electrons. The van der Waals surface area contributed by atoms with Gasteiger partial charge < -0.3 is 0 Å². The topological polar surface area (TPSA) is 81.8 Å². The fraction of sp³-hybridized carbons (Fsp3) is 0.0526. The van der Waals surface area contributed by atoms with Crippen molar-refractivity contribution in [3.8, 4) is 5.69 Å². The third-order valence-corrected chi connectivity index (χ3v) is 4.26. The van der Waals surface area contributed by atoms with Crippen molar-refractivity contribution in [3.63, 3.8) is 0 Å². The number of nitrogens with zero attached hydrogens (tertiary/aromatic N) is 4. The number of carbonyl (C=O) groups excluding carboxylic acids is 1. The van der Waals surface area contributed by atoms with Crippen LogP contribution in [0.3, 0.4) is 0 Å². The van der Waals surface area contributed by atoms with E-state index in [1.807, 2.05) is 0 Å². The van der Waals surface area contributed by atoms with E-state index >= 15 is 0 Å². The molecule has 0 fully saturated rings. The smallest absolute Gasteiger partial charge is 0.267 e. The van der Waals surface area contributed by atoms with E-state index in [0.717, 1.165) is 35.3 Å². The molecule has 1 amide bonds. The van der Waals surface area contributed by atoms with Gasteiger partial charge in [0.1, 0.15) is 17.5 Å². The van der Waals surface area contributed by atoms with Crippen LogP contribution in [-0.4, -0.2) is 25.3 Å². The molecule has 0 unspecified atom stereocenters. The largest absolute Gasteiger partial charge is 0.416 e. The Kier molecular flexibility index (Phi) is 4.57. The molecular formula is C19H11F4N5O2. The summed E-state index contributed by atoms with van der Waals surface area (Å²) < 4.78 is 53.1. The lowest BCUT2D eigenvalue weighted by atomic mass is 10.1. The standard InChI is InChI=1S/C19H11F4N5O2/c20-13-5-7-14(8-6-13)28-16-15(9-25-28)18(30)27(10-24-16)26-17(29)11-1-3-12(4-2-11)19(21,22)23/h1-10H,(H,26,29). The van der Waals surface area contributed by atoms with Crippen LogP contribution in [0.1, 0.15) is 15.9 Å². The van der Waals surface area contributed by atoms with Crippen molar-refractivity contribution >= 4 is 16.9 Å². The molecule has 152 valence electrons. The number of aromatic nitrogens is 4. The van der Waals surface area contributed by atoms with Gasteiger partial charge >= 0.3 is 6.18 Å². The molecule has 11 heteroatoms. The Morgan fingerprint density at radius 1 is 1.00 bits per heavy atom. The van der Waals surface area contributed by atoms with Gasteiger partial charge in [-0.25, -0.2) is 18.7 Å². The lowest BCUT2D eigenvalue weighted by Crippen LogP contribution is -2.33. The van der Waals surface area contributed by atoms with Crippen LogP contribution in [0.4, 0.5) is 17.6 Å². The van der Waals surface area contributed by atoms with Gasteiger partial charge in [0.15, 0.2) is 5.65 Å². The first-order valence-electron chi connectivity index (χ1n) is 8.44. The van der Waals surface area contributed by atoms with Gasteiger partial charge in [-0.3, -0.25) is 15.0 Å². The number of fused-ring (bicyclic) bond motifs is 1. The van der Waals surface area contributed by atoms with Crippen LogP contribution >= 0.6 is 0 Å². The summed E-state index contributed by atoms with van der Waals surface area (Å²) in [5.41, 5.74) is 1.32. The van der Waals surface area contributed by atoms with Crippen LogP contribution in [0.15, 0.2) is 65.8 Å². The third kappa shape index (κ3) is 3.52. The summed E-state index contributed by atoms with van der Waals surface area (Å²) in [7, 11) is 0. The molecule has 2 aromatic heterocycles. The maximum Gasteiger partial charge on any atom is 0.416 e. The van der Waals surface area contributed by atoms with Gasteiger partial charge in [-0.1, -0.05) is 0 Å². The number of carbonyl (C=O) groups is 1. The van der Waals surface area contributed by atoms with Crippen LogP contribution in [0.2, 0.25) is 0 Å². The number of hydrogen-bond acceptors (Lipinski definition) is 4. The molecular weight excluding hydrogens is 406 g/mol. The van der Waals surface area contributed by atoms with Gasteiger partial charge in [0.2, 0.25) is 0 Å². The van der Waals surface area contributed by atoms with E-state index in [1.165, 1.54) is 35.1 Å². The molecule has 0 saturated heterocycles. The van der Waals surface area contributed by atoms with Crippen molar-refractivity contribution in [3.05, 3.63) is 88.4 Å². The molecule has 2 heterocycles. The van der Waals surface area contributed by atoms with Crippen LogP contribution < -0.4 is 11.0 Å². The first-order valence-corrected chi connectivity index (χ1v) is 8.44. The Balaban J connectivity index is 1.62. The molecule has 0 atom stereocenters. The highest BCUT2D eigenvalue weighted by atomic mass is 19.4. The predicted octanol–water partition coefficient (Wildman–Crippen LogP) is 3.12. The van der Waals surface area contributed by atoms with Crippen molar-refractivity contribution in [2.75, 3.05) is 5.43 Å². The maximum absolute atomic E-state index is 13.1. The minimum atomic E-state index is -4.52. The highest BCUT2D eigenvalue weighted by molar-refractivity contribution is 6.00. The van der Waals surface area contributed by atoms with Gasteiger partial charge in [-0.15, -0.1) is 0 Å². The van der Waals surface area contributed by atoms with Crippen LogP contribution in [0, 0.1) is 5.82 Å². The first kappa shape index (κ1) is 19.3. The number of hydrogen-bond donors (Lipinski definition) is 1. The second-order valence-corrected chi connectivity index (χ2v) is 6.21. The van der Waals surface area contributed by atoms with Crippen molar-refractivity contribution in [1.29, 1.82) is 0 Å². The average Bonchev–Trinajstić information content (AvgIpc) is 3.15. The minimum absolute atomic E-state index is 0.0722. The molecule has 0 saturated carbocycles. The van der Waals surface area contributed by atoms with Gasteiger partial charge in [-0.2, -0.15) is 18.3 Å². The van der Waals surface area contributed by atoms with E-state index in [2.05, 4.69) is 15.5 Å². The SMILES string of the molecule is O=C(Nn1cnc2c(cnn2-c2ccc(F)cc2)c1=O)c1ccc(C(F)(F)F)cc1. The number of amides is 1. The minimum Gasteiger partial charge on any atom is -0.267 e. The summed E-state index contributed by atoms with van der Waals surface area (Å²) in [4.78, 5) is 29.0. The van der Waals surface area contributed by atoms with E-state index in [9.17, 15) is 27.2 Å². The lowest BCUT2D eigenvalue weighted by Gasteiger charge is -2.10. The zero-order valence-corrected chi connectivity index (χ0v) is 14.9. The molecule has 0 spiro atoms. The Hall–Kier alpha value is -4.02. The van der Waals surface area contributed by atoms with Gasteiger partial charge in [0, 0.05) is 5.56 Å². The second-order valence-electron chi connectivity index (χ2n) is 6.21. The summed E-state index contributed by atoms with van der Waals surface area (Å²) >= 11 is 0. The van der Waals surface area contributed by atoms with Gasteiger partial charge in [0.05, 0.1) is 17.4 Å². The molecule has 1 N–H and O–H groups in total. The summed E-state index contributed by atoms with van der Waals surface area (Å²) in [5.74, 6) is -1.23. The summed E-state index contributed by atoms with van der Waals surface area (Å²) in [6.45, 7) is 0. The quantitative estimate of drug-likeness (QED) is 0.520. The molecule has 4 rings (SSSR count). The van der Waals surface area contributed by atoms with Crippen molar-refractivity contribution in [2.45, 2.75) is 6.18 Å². The number of benzene rings is 2. The number of rotatable bonds is 3. The summed E-state index contributed by atoms with van der Waals surface area (Å²) in [6.07, 6.45) is -2.23. The Morgan fingerprint density at radius 3 is 2.30 bits per heavy atom. The molecule has 30 heavy (non-hydrogen) atoms. The predicted molar refractivity (Wildman–Crippen MR) is 98.2 cm³/mol. The number of nitrogens with one attached hydrogen (secondary N) is 1. The van der Waals surface area contributed by atoms with Crippen molar-refractivity contribution in [1.82, 2.24) is 19.4 Å². The molecule has 4 aromatic rings. The number of alkyl halides is 3. The zero-order chi connectivity index (χ0) is 21.5. The highest BCUT2D eigenvalue weighted by Crippen LogP contribution is 2.29. The van der Waals surface area contributed by atoms with E-state index in [1.54, 1.807) is 0 Å². The lowest BCUT2D eigenvalue weighted by molar-refractivity contribution is -0.137. The average molecular weight is 417 g/mol. The van der Waals surface area contributed by atoms with Crippen LogP contribution in [0.25, 0.3) is 16.7 Å².